The van der Waals surface area contributed by atoms with Gasteiger partial charge in [-0.15, -0.1) is 0 Å². The summed E-state index contributed by atoms with van der Waals surface area (Å²) in [5.74, 6) is -3.72. The number of carbonyl (C=O) groups is 2. The van der Waals surface area contributed by atoms with E-state index in [1.54, 1.807) is 60.9 Å². The van der Waals surface area contributed by atoms with Crippen LogP contribution in [0.3, 0.4) is 0 Å². The smallest absolute Gasteiger partial charge is 0.336 e. The molecule has 5 N–H and O–H groups in total. The molecule has 2 aromatic rings. The maximum absolute atomic E-state index is 12.3. The van der Waals surface area contributed by atoms with Crippen LogP contribution in [0.2, 0.25) is 0 Å². The largest absolute Gasteiger partial charge is 0.478 e. The van der Waals surface area contributed by atoms with Gasteiger partial charge in [-0.2, -0.15) is 29.8 Å². The summed E-state index contributed by atoms with van der Waals surface area (Å²) in [6.07, 6.45) is 8.19. The predicted octanol–water partition coefficient (Wildman–Crippen LogP) is 4.06. The van der Waals surface area contributed by atoms with Gasteiger partial charge in [-0.05, 0) is 44.5 Å². The Bertz CT molecular complexity index is 2250. The van der Waals surface area contributed by atoms with E-state index in [-0.39, 0.29) is 48.3 Å². The lowest BCUT2D eigenvalue weighted by Crippen LogP contribution is -2.29. The number of allylic oxidation sites excluding steroid dienone is 6. The van der Waals surface area contributed by atoms with E-state index in [1.807, 2.05) is 13.8 Å². The number of fused-ring (bicyclic) bond motifs is 2. The van der Waals surface area contributed by atoms with Crippen molar-refractivity contribution in [3.8, 4) is 0 Å². The Morgan fingerprint density at radius 1 is 0.784 bits per heavy atom. The van der Waals surface area contributed by atoms with Gasteiger partial charge in [-0.1, -0.05) is 38.1 Å². The highest BCUT2D eigenvalue weighted by molar-refractivity contribution is 7.86. The fourth-order valence-electron chi connectivity index (χ4n) is 6.83. The van der Waals surface area contributed by atoms with Gasteiger partial charge in [0.05, 0.1) is 38.5 Å². The predicted molar refractivity (Wildman–Crippen MR) is 188 cm³/mol. The van der Waals surface area contributed by atoms with E-state index >= 15 is 0 Å². The number of rotatable bonds is 14. The van der Waals surface area contributed by atoms with Crippen LogP contribution < -0.4 is 4.90 Å². The van der Waals surface area contributed by atoms with E-state index < -0.39 is 69.5 Å². The summed E-state index contributed by atoms with van der Waals surface area (Å²) in [6.45, 7) is 7.13. The Morgan fingerprint density at radius 2 is 1.39 bits per heavy atom. The highest BCUT2D eigenvalue weighted by Gasteiger charge is 2.47. The fourth-order valence-corrected chi connectivity index (χ4v) is 8.34. The van der Waals surface area contributed by atoms with Gasteiger partial charge in [0.25, 0.3) is 30.4 Å². The van der Waals surface area contributed by atoms with Gasteiger partial charge < -0.3 is 15.1 Å². The third-order valence-corrected chi connectivity index (χ3v) is 11.3. The molecule has 0 unspecified atom stereocenters. The maximum atomic E-state index is 12.3. The minimum absolute atomic E-state index is 0.0472. The van der Waals surface area contributed by atoms with Crippen LogP contribution in [-0.4, -0.2) is 95.9 Å². The topological polar surface area (TPSA) is 244 Å². The zero-order valence-corrected chi connectivity index (χ0v) is 30.6. The van der Waals surface area contributed by atoms with Crippen LogP contribution in [0.4, 0.5) is 11.4 Å². The van der Waals surface area contributed by atoms with Crippen LogP contribution in [0, 0.1) is 0 Å². The van der Waals surface area contributed by atoms with Gasteiger partial charge in [0.2, 0.25) is 5.69 Å². The minimum Gasteiger partial charge on any atom is -0.478 e. The molecule has 0 radical (unpaired) electrons. The summed E-state index contributed by atoms with van der Waals surface area (Å²) < 4.78 is 100. The quantitative estimate of drug-likeness (QED) is 0.103. The molecule has 0 amide bonds. The Labute approximate surface area is 296 Å². The van der Waals surface area contributed by atoms with Crippen LogP contribution in [0.25, 0.3) is 0 Å². The number of hydrogen-bond acceptors (Lipinski definition) is 9. The normalized spacial score (nSPS) is 17.9. The minimum atomic E-state index is -4.84. The molecule has 2 heterocycles. The summed E-state index contributed by atoms with van der Waals surface area (Å²) in [7, 11) is -13.4. The number of carboxylic acids is 2. The number of aromatic carboxylic acids is 2. The third kappa shape index (κ3) is 8.48. The Balaban J connectivity index is 1.79. The van der Waals surface area contributed by atoms with Crippen molar-refractivity contribution in [1.82, 2.24) is 0 Å². The zero-order valence-electron chi connectivity index (χ0n) is 28.1. The first-order chi connectivity index (χ1) is 23.4. The van der Waals surface area contributed by atoms with Gasteiger partial charge in [-0.25, -0.2) is 9.59 Å². The molecule has 0 aliphatic carbocycles. The first kappa shape index (κ1) is 39.6. The third-order valence-electron chi connectivity index (χ3n) is 8.88. The SMILES string of the molecule is CC1(C)C(/C=C/C=C/C=C2/N(CCCS(=O)(=O)O)c3cc(S(=O)(=O)O)cc(C(=O)O)c3C2(C)C)=[N+](CCCS(=O)(=O)O)c2cccc(C(=O)O)c21. The summed E-state index contributed by atoms with van der Waals surface area (Å²) in [5.41, 5.74) is 0.312. The average Bonchev–Trinajstić information content (AvgIpc) is 3.33. The number of nitrogens with zero attached hydrogens (tertiary/aromatic N) is 2. The summed E-state index contributed by atoms with van der Waals surface area (Å²) in [4.78, 5) is 25.3. The van der Waals surface area contributed by atoms with Crippen LogP contribution in [-0.2, 0) is 41.2 Å². The van der Waals surface area contributed by atoms with Gasteiger partial charge in [0.15, 0.2) is 5.71 Å². The molecule has 4 rings (SSSR count). The van der Waals surface area contributed by atoms with Crippen LogP contribution >= 0.6 is 0 Å². The molecular weight excluding hydrogens is 729 g/mol. The first-order valence-electron chi connectivity index (χ1n) is 15.5. The second-order valence-electron chi connectivity index (χ2n) is 13.2. The van der Waals surface area contributed by atoms with Crippen molar-refractivity contribution in [2.24, 2.45) is 0 Å². The second kappa shape index (κ2) is 14.1. The zero-order chi connectivity index (χ0) is 38.3. The Morgan fingerprint density at radius 3 is 1.96 bits per heavy atom. The number of anilines is 1. The van der Waals surface area contributed by atoms with E-state index in [1.165, 1.54) is 11.0 Å². The molecule has 0 aromatic heterocycles. The molecule has 2 aliphatic heterocycles. The molecule has 276 valence electrons. The van der Waals surface area contributed by atoms with Crippen molar-refractivity contribution in [3.63, 3.8) is 0 Å². The summed E-state index contributed by atoms with van der Waals surface area (Å²) in [6, 6.07) is 6.76. The second-order valence-corrected chi connectivity index (χ2v) is 17.7. The lowest BCUT2D eigenvalue weighted by Gasteiger charge is -2.27. The molecule has 0 spiro atoms. The van der Waals surface area contributed by atoms with E-state index in [0.717, 1.165) is 12.1 Å². The molecule has 2 aliphatic rings. The van der Waals surface area contributed by atoms with Crippen molar-refractivity contribution < 1.29 is 63.3 Å². The standard InChI is InChI=1S/C33H38N2O13S3/c1-32(2)26(34(15-9-17-49(40,41)42)24-12-8-11-22(28(24)32)30(36)37)13-6-5-7-14-27-33(3,4)29-23(31(38)39)19-21(51(46,47)48)20-25(29)35(27)16-10-18-50(43,44)45/h5-8,11-14,19-20H,9-10,15-18H2,1-4H3,(H4-,36,37,38,39,40,41,42,43,44,45,46,47,48)/p+1. The molecule has 51 heavy (non-hydrogen) atoms. The van der Waals surface area contributed by atoms with Crippen molar-refractivity contribution >= 4 is 59.4 Å². The fraction of sp³-hybridized carbons (Fsp3) is 0.364. The average molecular weight is 768 g/mol. The molecule has 15 nitrogen and oxygen atoms in total. The Kier molecular flexibility index (Phi) is 10.9. The van der Waals surface area contributed by atoms with Crippen LogP contribution in [0.1, 0.15) is 72.4 Å². The van der Waals surface area contributed by atoms with Crippen molar-refractivity contribution in [2.75, 3.05) is 29.5 Å². The monoisotopic (exact) mass is 767 g/mol. The van der Waals surface area contributed by atoms with Gasteiger partial charge >= 0.3 is 11.9 Å². The lowest BCUT2D eigenvalue weighted by molar-refractivity contribution is -0.437. The van der Waals surface area contributed by atoms with E-state index in [9.17, 15) is 58.7 Å². The van der Waals surface area contributed by atoms with E-state index in [2.05, 4.69) is 0 Å². The van der Waals surface area contributed by atoms with Crippen molar-refractivity contribution in [3.05, 3.63) is 88.7 Å². The number of benzene rings is 2. The highest BCUT2D eigenvalue weighted by Crippen LogP contribution is 2.50. The summed E-state index contributed by atoms with van der Waals surface area (Å²) in [5, 5.41) is 19.9. The molecule has 0 fully saturated rings. The molecular formula is C33H39N2O13S3+. The van der Waals surface area contributed by atoms with Crippen molar-refractivity contribution in [2.45, 2.75) is 56.3 Å². The highest BCUT2D eigenvalue weighted by atomic mass is 32.2. The maximum Gasteiger partial charge on any atom is 0.336 e. The number of hydrogen-bond donors (Lipinski definition) is 5. The van der Waals surface area contributed by atoms with Crippen molar-refractivity contribution in [1.29, 1.82) is 0 Å². The molecule has 0 saturated carbocycles. The Hall–Kier alpha value is -4.20. The first-order valence-corrected chi connectivity index (χ1v) is 20.2. The van der Waals surface area contributed by atoms with Crippen LogP contribution in [0.15, 0.2) is 71.3 Å². The molecule has 0 saturated heterocycles. The number of carboxylic acid groups (broad SMARTS) is 2. The molecule has 18 heteroatoms. The molecule has 0 bridgehead atoms. The van der Waals surface area contributed by atoms with E-state index in [4.69, 9.17) is 0 Å². The lowest BCUT2D eigenvalue weighted by atomic mass is 9.79. The molecule has 2 aromatic carbocycles. The molecule has 0 atom stereocenters. The van der Waals surface area contributed by atoms with Crippen LogP contribution in [0.5, 0.6) is 0 Å². The van der Waals surface area contributed by atoms with E-state index in [0.29, 0.717) is 22.7 Å². The van der Waals surface area contributed by atoms with Gasteiger partial charge in [0, 0.05) is 47.5 Å². The van der Waals surface area contributed by atoms with Gasteiger partial charge in [0.1, 0.15) is 6.54 Å². The van der Waals surface area contributed by atoms with Gasteiger partial charge in [-0.3, -0.25) is 13.7 Å². The summed E-state index contributed by atoms with van der Waals surface area (Å²) >= 11 is 0.